The number of para-hydroxylation sites is 1. The molecule has 2 aromatic rings. The fraction of sp³-hybridized carbons (Fsp3) is 0.625. The number of hydrogen-bond donors (Lipinski definition) is 3. The molecule has 32 heavy (non-hydrogen) atoms. The minimum atomic E-state index is -0.471. The molecule has 2 saturated carbocycles. The maximum atomic E-state index is 11.9. The van der Waals surface area contributed by atoms with Crippen LogP contribution in [0.2, 0.25) is 0 Å². The molecule has 0 atom stereocenters. The molecule has 4 rings (SSSR count). The van der Waals surface area contributed by atoms with Crippen molar-refractivity contribution in [3.8, 4) is 5.75 Å². The fourth-order valence-corrected chi connectivity index (χ4v) is 4.12. The normalized spacial score (nSPS) is 21.1. The van der Waals surface area contributed by atoms with Gasteiger partial charge in [-0.15, -0.1) is 0 Å². The second kappa shape index (κ2) is 9.38. The van der Waals surface area contributed by atoms with Gasteiger partial charge in [0.15, 0.2) is 0 Å². The van der Waals surface area contributed by atoms with E-state index in [9.17, 15) is 4.79 Å². The number of carbonyl (C=O) groups excluding carboxylic acids is 1. The summed E-state index contributed by atoms with van der Waals surface area (Å²) < 4.78 is 10.9. The number of ether oxygens (including phenoxy) is 2. The summed E-state index contributed by atoms with van der Waals surface area (Å²) in [4.78, 5) is 21.5. The molecule has 1 aromatic heterocycles. The van der Waals surface area contributed by atoms with E-state index in [1.54, 1.807) is 7.11 Å². The number of carbonyl (C=O) groups is 1. The van der Waals surface area contributed by atoms with Gasteiger partial charge in [-0.25, -0.2) is 9.78 Å². The van der Waals surface area contributed by atoms with Crippen molar-refractivity contribution in [2.45, 2.75) is 77.0 Å². The van der Waals surface area contributed by atoms with Crippen molar-refractivity contribution in [3.05, 3.63) is 18.2 Å². The number of rotatable bonds is 7. The van der Waals surface area contributed by atoms with E-state index in [0.717, 1.165) is 48.2 Å². The average molecular weight is 442 g/mol. The van der Waals surface area contributed by atoms with E-state index in [2.05, 4.69) is 16.0 Å². The Kier molecular flexibility index (Phi) is 6.58. The van der Waals surface area contributed by atoms with E-state index in [0.29, 0.717) is 30.5 Å². The average Bonchev–Trinajstić information content (AvgIpc) is 3.56. The largest absolute Gasteiger partial charge is 0.494 e. The first-order valence-corrected chi connectivity index (χ1v) is 11.7. The van der Waals surface area contributed by atoms with E-state index >= 15 is 0 Å². The molecule has 0 bridgehead atoms. The predicted octanol–water partition coefficient (Wildman–Crippen LogP) is 4.71. The Bertz CT molecular complexity index is 947. The van der Waals surface area contributed by atoms with E-state index in [4.69, 9.17) is 19.4 Å². The lowest BCUT2D eigenvalue weighted by Gasteiger charge is -2.29. The number of benzene rings is 1. The Balaban J connectivity index is 1.36. The third-order valence-corrected chi connectivity index (χ3v) is 5.94. The van der Waals surface area contributed by atoms with Gasteiger partial charge in [0.1, 0.15) is 22.7 Å². The van der Waals surface area contributed by atoms with Crippen molar-refractivity contribution < 1.29 is 14.3 Å². The van der Waals surface area contributed by atoms with Crippen molar-refractivity contribution in [3.63, 3.8) is 0 Å². The lowest BCUT2D eigenvalue weighted by Crippen LogP contribution is -2.37. The van der Waals surface area contributed by atoms with Gasteiger partial charge in [0.25, 0.3) is 0 Å². The smallest absolute Gasteiger partial charge is 0.407 e. The Hall–Kier alpha value is -2.77. The molecule has 0 aliphatic heterocycles. The molecule has 174 valence electrons. The summed E-state index contributed by atoms with van der Waals surface area (Å²) in [6, 6.07) is 6.76. The molecule has 1 amide bonds. The van der Waals surface area contributed by atoms with Crippen LogP contribution in [0, 0.1) is 5.92 Å². The molecular weight excluding hydrogens is 406 g/mol. The number of hydrogen-bond acceptors (Lipinski definition) is 7. The van der Waals surface area contributed by atoms with Gasteiger partial charge in [-0.2, -0.15) is 4.98 Å². The van der Waals surface area contributed by atoms with Crippen LogP contribution in [0.3, 0.4) is 0 Å². The number of anilines is 2. The number of nitrogens with one attached hydrogen (secondary N) is 3. The molecule has 0 spiro atoms. The Morgan fingerprint density at radius 2 is 1.72 bits per heavy atom. The quantitative estimate of drug-likeness (QED) is 0.572. The Morgan fingerprint density at radius 1 is 1.03 bits per heavy atom. The van der Waals surface area contributed by atoms with Crippen LogP contribution in [0.1, 0.15) is 59.3 Å². The van der Waals surface area contributed by atoms with Crippen LogP contribution in [-0.2, 0) is 4.74 Å². The van der Waals surface area contributed by atoms with E-state index < -0.39 is 5.60 Å². The maximum Gasteiger partial charge on any atom is 0.407 e. The van der Waals surface area contributed by atoms with E-state index in [1.807, 2.05) is 39.0 Å². The Morgan fingerprint density at radius 3 is 2.38 bits per heavy atom. The predicted molar refractivity (Wildman–Crippen MR) is 126 cm³/mol. The van der Waals surface area contributed by atoms with Crippen molar-refractivity contribution in [1.82, 2.24) is 15.3 Å². The molecule has 8 heteroatoms. The lowest BCUT2D eigenvalue weighted by atomic mass is 9.86. The molecule has 0 unspecified atom stereocenters. The molecular formula is C24H35N5O3. The molecule has 2 aliphatic rings. The highest BCUT2D eigenvalue weighted by Gasteiger charge is 2.26. The summed E-state index contributed by atoms with van der Waals surface area (Å²) in [7, 11) is 1.67. The SMILES string of the molecule is COc1cccc2c(NC3CC3)nc(N[C@H]3CC[C@H](CNC(=O)OC(C)(C)C)CC3)nc12. The number of aromatic nitrogens is 2. The number of fused-ring (bicyclic) bond motifs is 1. The number of amides is 1. The van der Waals surface area contributed by atoms with Gasteiger partial charge in [0.2, 0.25) is 5.95 Å². The van der Waals surface area contributed by atoms with Crippen molar-refractivity contribution in [2.24, 2.45) is 5.92 Å². The summed E-state index contributed by atoms with van der Waals surface area (Å²) in [6.07, 6.45) is 6.12. The standard InChI is InChI=1S/C24H35N5O3/c1-24(2,3)32-23(30)25-14-15-8-10-17(11-9-15)27-22-28-20-18(6-5-7-19(20)31-4)21(29-22)26-16-12-13-16/h5-7,15-17H,8-14H2,1-4H3,(H,25,30)(H2,26,27,28,29)/t15-,17-. The van der Waals surface area contributed by atoms with Crippen LogP contribution >= 0.6 is 0 Å². The first kappa shape index (κ1) is 22.4. The minimum absolute atomic E-state index is 0.314. The van der Waals surface area contributed by atoms with Crippen LogP contribution in [0.4, 0.5) is 16.6 Å². The zero-order valence-corrected chi connectivity index (χ0v) is 19.5. The van der Waals surface area contributed by atoms with Crippen LogP contribution in [-0.4, -0.2) is 47.4 Å². The number of alkyl carbamates (subject to hydrolysis) is 1. The second-order valence-corrected chi connectivity index (χ2v) is 9.92. The molecule has 2 aliphatic carbocycles. The van der Waals surface area contributed by atoms with E-state index in [1.165, 1.54) is 12.8 Å². The van der Waals surface area contributed by atoms with Crippen LogP contribution < -0.4 is 20.7 Å². The highest BCUT2D eigenvalue weighted by Crippen LogP contribution is 2.33. The fourth-order valence-electron chi connectivity index (χ4n) is 4.12. The molecule has 2 fully saturated rings. The van der Waals surface area contributed by atoms with Crippen LogP contribution in [0.25, 0.3) is 10.9 Å². The molecule has 1 aromatic carbocycles. The lowest BCUT2D eigenvalue weighted by molar-refractivity contribution is 0.0515. The molecule has 8 nitrogen and oxygen atoms in total. The summed E-state index contributed by atoms with van der Waals surface area (Å²) >= 11 is 0. The number of methoxy groups -OCH3 is 1. The van der Waals surface area contributed by atoms with Crippen molar-refractivity contribution in [1.29, 1.82) is 0 Å². The monoisotopic (exact) mass is 441 g/mol. The summed E-state index contributed by atoms with van der Waals surface area (Å²) in [6.45, 7) is 6.28. The molecule has 1 heterocycles. The van der Waals surface area contributed by atoms with Gasteiger partial charge in [0.05, 0.1) is 7.11 Å². The van der Waals surface area contributed by atoms with Crippen molar-refractivity contribution in [2.75, 3.05) is 24.3 Å². The first-order chi connectivity index (χ1) is 15.3. The minimum Gasteiger partial charge on any atom is -0.494 e. The zero-order valence-electron chi connectivity index (χ0n) is 19.5. The van der Waals surface area contributed by atoms with Crippen LogP contribution in [0.15, 0.2) is 18.2 Å². The van der Waals surface area contributed by atoms with Crippen LogP contribution in [0.5, 0.6) is 5.75 Å². The molecule has 0 saturated heterocycles. The van der Waals surface area contributed by atoms with Gasteiger partial charge in [0, 0.05) is 24.0 Å². The third kappa shape index (κ3) is 5.93. The van der Waals surface area contributed by atoms with E-state index in [-0.39, 0.29) is 6.09 Å². The van der Waals surface area contributed by atoms with Gasteiger partial charge in [-0.3, -0.25) is 0 Å². The summed E-state index contributed by atoms with van der Waals surface area (Å²) in [5.74, 6) is 2.73. The van der Waals surface area contributed by atoms with Crippen molar-refractivity contribution >= 4 is 28.8 Å². The molecule has 3 N–H and O–H groups in total. The summed E-state index contributed by atoms with van der Waals surface area (Å²) in [5.41, 5.74) is 0.354. The van der Waals surface area contributed by atoms with Gasteiger partial charge >= 0.3 is 6.09 Å². The summed E-state index contributed by atoms with van der Waals surface area (Å²) in [5, 5.41) is 11.0. The zero-order chi connectivity index (χ0) is 22.7. The Labute approximate surface area is 189 Å². The molecule has 0 radical (unpaired) electrons. The van der Waals surface area contributed by atoms with Gasteiger partial charge in [-0.05, 0) is 77.3 Å². The highest BCUT2D eigenvalue weighted by molar-refractivity contribution is 5.94. The third-order valence-electron chi connectivity index (χ3n) is 5.94. The van der Waals surface area contributed by atoms with Gasteiger partial charge in [-0.1, -0.05) is 6.07 Å². The highest BCUT2D eigenvalue weighted by atomic mass is 16.6. The second-order valence-electron chi connectivity index (χ2n) is 9.92. The maximum absolute atomic E-state index is 11.9. The topological polar surface area (TPSA) is 97.4 Å². The first-order valence-electron chi connectivity index (χ1n) is 11.7. The number of nitrogens with zero attached hydrogens (tertiary/aromatic N) is 2. The van der Waals surface area contributed by atoms with Gasteiger partial charge < -0.3 is 25.4 Å².